The third kappa shape index (κ3) is 5.02. The molecule has 2 nitrogen and oxygen atoms in total. The summed E-state index contributed by atoms with van der Waals surface area (Å²) in [7, 11) is 0. The number of hydrogen-bond acceptors (Lipinski definition) is 2. The maximum atomic E-state index is 9.64. The van der Waals surface area contributed by atoms with Gasteiger partial charge in [-0.25, -0.2) is 0 Å². The summed E-state index contributed by atoms with van der Waals surface area (Å²) in [6.07, 6.45) is 13.6. The number of unbranched alkanes of at least 4 members (excludes halogenated alkanes) is 2. The van der Waals surface area contributed by atoms with E-state index in [1.54, 1.807) is 12.1 Å². The first kappa shape index (κ1) is 18.4. The summed E-state index contributed by atoms with van der Waals surface area (Å²) < 4.78 is 0. The van der Waals surface area contributed by atoms with Crippen LogP contribution in [0.1, 0.15) is 64.4 Å². The molecule has 1 unspecified atom stereocenters. The van der Waals surface area contributed by atoms with Crippen LogP contribution in [-0.2, 0) is 0 Å². The zero-order valence-corrected chi connectivity index (χ0v) is 15.0. The van der Waals surface area contributed by atoms with Crippen molar-refractivity contribution < 1.29 is 10.2 Å². The van der Waals surface area contributed by atoms with Crippen molar-refractivity contribution >= 4 is 5.57 Å². The third-order valence-electron chi connectivity index (χ3n) is 4.71. The van der Waals surface area contributed by atoms with Gasteiger partial charge in [-0.1, -0.05) is 50.5 Å². The van der Waals surface area contributed by atoms with E-state index in [1.807, 2.05) is 24.3 Å². The van der Waals surface area contributed by atoms with E-state index in [0.717, 1.165) is 19.3 Å². The van der Waals surface area contributed by atoms with Crippen LogP contribution in [-0.4, -0.2) is 10.2 Å². The van der Waals surface area contributed by atoms with Crippen LogP contribution in [0.5, 0.6) is 5.75 Å². The van der Waals surface area contributed by atoms with Crippen molar-refractivity contribution in [2.75, 3.05) is 0 Å². The molecule has 0 saturated carbocycles. The van der Waals surface area contributed by atoms with Crippen molar-refractivity contribution in [3.05, 3.63) is 59.4 Å². The Morgan fingerprint density at radius 3 is 2.25 bits per heavy atom. The SMILES string of the molecule is CCCC/C(=C(\CCCC)C1C=CC(O)=CC1)c1ccc(O)cc1. The van der Waals surface area contributed by atoms with Crippen LogP contribution in [0.25, 0.3) is 5.57 Å². The molecule has 0 radical (unpaired) electrons. The molecule has 0 aromatic heterocycles. The van der Waals surface area contributed by atoms with Gasteiger partial charge in [0.2, 0.25) is 0 Å². The van der Waals surface area contributed by atoms with Gasteiger partial charge < -0.3 is 10.2 Å². The summed E-state index contributed by atoms with van der Waals surface area (Å²) in [6, 6.07) is 7.63. The lowest BCUT2D eigenvalue weighted by molar-refractivity contribution is 0.423. The van der Waals surface area contributed by atoms with E-state index in [2.05, 4.69) is 19.9 Å². The molecule has 0 saturated heterocycles. The van der Waals surface area contributed by atoms with Crippen molar-refractivity contribution in [2.24, 2.45) is 5.92 Å². The Bertz CT molecular complexity index is 605. The van der Waals surface area contributed by atoms with Gasteiger partial charge in [0, 0.05) is 5.92 Å². The highest BCUT2D eigenvalue weighted by molar-refractivity contribution is 5.70. The number of hydrogen-bond donors (Lipinski definition) is 2. The maximum Gasteiger partial charge on any atom is 0.115 e. The summed E-state index contributed by atoms with van der Waals surface area (Å²) in [6.45, 7) is 4.45. The molecule has 1 aromatic carbocycles. The van der Waals surface area contributed by atoms with Gasteiger partial charge in [-0.15, -0.1) is 0 Å². The highest BCUT2D eigenvalue weighted by Gasteiger charge is 2.18. The van der Waals surface area contributed by atoms with Gasteiger partial charge >= 0.3 is 0 Å². The maximum absolute atomic E-state index is 9.64. The number of rotatable bonds is 8. The molecule has 2 heteroatoms. The Morgan fingerprint density at radius 1 is 1.00 bits per heavy atom. The second kappa shape index (κ2) is 9.36. The van der Waals surface area contributed by atoms with Crippen molar-refractivity contribution in [3.8, 4) is 5.75 Å². The van der Waals surface area contributed by atoms with Crippen LogP contribution in [0.2, 0.25) is 0 Å². The van der Waals surface area contributed by atoms with E-state index in [0.29, 0.717) is 17.4 Å². The zero-order valence-electron chi connectivity index (χ0n) is 15.0. The highest BCUT2D eigenvalue weighted by atomic mass is 16.3. The van der Waals surface area contributed by atoms with Gasteiger partial charge in [-0.3, -0.25) is 0 Å². The summed E-state index contributed by atoms with van der Waals surface area (Å²) in [5.74, 6) is 1.06. The predicted octanol–water partition coefficient (Wildman–Crippen LogP) is 6.54. The van der Waals surface area contributed by atoms with Gasteiger partial charge in [-0.05, 0) is 67.5 Å². The lowest BCUT2D eigenvalue weighted by Gasteiger charge is -2.23. The quantitative estimate of drug-likeness (QED) is 0.569. The molecule has 1 aromatic rings. The zero-order chi connectivity index (χ0) is 17.4. The van der Waals surface area contributed by atoms with Crippen LogP contribution >= 0.6 is 0 Å². The average molecular weight is 326 g/mol. The average Bonchev–Trinajstić information content (AvgIpc) is 2.60. The Balaban J connectivity index is 2.41. The number of aromatic hydroxyl groups is 1. The van der Waals surface area contributed by atoms with Crippen LogP contribution in [0.15, 0.2) is 53.8 Å². The molecule has 0 spiro atoms. The minimum absolute atomic E-state index is 0.314. The standard InChI is InChI=1S/C22H30O2/c1-3-5-7-21(17-9-13-19(23)14-10-17)22(8-6-4-2)18-11-15-20(24)16-12-18/h9-11,13-16,18,23-24H,3-8,12H2,1-2H3/b22-21-. The summed E-state index contributed by atoms with van der Waals surface area (Å²) in [4.78, 5) is 0. The van der Waals surface area contributed by atoms with E-state index in [1.165, 1.54) is 42.4 Å². The predicted molar refractivity (Wildman–Crippen MR) is 102 cm³/mol. The van der Waals surface area contributed by atoms with Crippen molar-refractivity contribution in [3.63, 3.8) is 0 Å². The van der Waals surface area contributed by atoms with Crippen LogP contribution < -0.4 is 0 Å². The second-order valence-corrected chi connectivity index (χ2v) is 6.59. The number of benzene rings is 1. The number of phenolic OH excluding ortho intramolecular Hbond substituents is 1. The molecule has 1 atom stereocenters. The fraction of sp³-hybridized carbons (Fsp3) is 0.455. The Kier molecular flexibility index (Phi) is 7.17. The van der Waals surface area contributed by atoms with Crippen molar-refractivity contribution in [2.45, 2.75) is 58.8 Å². The lowest BCUT2D eigenvalue weighted by Crippen LogP contribution is -2.07. The van der Waals surface area contributed by atoms with Crippen LogP contribution in [0, 0.1) is 5.92 Å². The minimum atomic E-state index is 0.314. The lowest BCUT2D eigenvalue weighted by atomic mass is 9.82. The van der Waals surface area contributed by atoms with E-state index >= 15 is 0 Å². The molecule has 1 aliphatic rings. The first-order valence-electron chi connectivity index (χ1n) is 9.24. The highest BCUT2D eigenvalue weighted by Crippen LogP contribution is 2.36. The molecular formula is C22H30O2. The van der Waals surface area contributed by atoms with Crippen LogP contribution in [0.3, 0.4) is 0 Å². The molecule has 0 heterocycles. The van der Waals surface area contributed by atoms with Crippen molar-refractivity contribution in [1.29, 1.82) is 0 Å². The number of aliphatic hydroxyl groups is 1. The summed E-state index contributed by atoms with van der Waals surface area (Å²) >= 11 is 0. The normalized spacial score (nSPS) is 18.2. The topological polar surface area (TPSA) is 40.5 Å². The Hall–Kier alpha value is -1.96. The van der Waals surface area contributed by atoms with Crippen LogP contribution in [0.4, 0.5) is 0 Å². The molecule has 1 aliphatic carbocycles. The fourth-order valence-corrected chi connectivity index (χ4v) is 3.30. The number of aliphatic hydroxyl groups excluding tert-OH is 1. The minimum Gasteiger partial charge on any atom is -0.508 e. The van der Waals surface area contributed by atoms with Gasteiger partial charge in [0.15, 0.2) is 0 Å². The largest absolute Gasteiger partial charge is 0.508 e. The van der Waals surface area contributed by atoms with Crippen molar-refractivity contribution in [1.82, 2.24) is 0 Å². The Labute approximate surface area is 146 Å². The second-order valence-electron chi connectivity index (χ2n) is 6.59. The molecule has 130 valence electrons. The number of allylic oxidation sites excluding steroid dienone is 5. The van der Waals surface area contributed by atoms with E-state index < -0.39 is 0 Å². The van der Waals surface area contributed by atoms with E-state index in [4.69, 9.17) is 0 Å². The molecule has 0 aliphatic heterocycles. The fourth-order valence-electron chi connectivity index (χ4n) is 3.30. The number of phenols is 1. The first-order chi connectivity index (χ1) is 11.7. The molecule has 0 amide bonds. The molecule has 24 heavy (non-hydrogen) atoms. The Morgan fingerprint density at radius 2 is 1.67 bits per heavy atom. The van der Waals surface area contributed by atoms with Gasteiger partial charge in [-0.2, -0.15) is 0 Å². The molecule has 2 rings (SSSR count). The molecule has 0 fully saturated rings. The summed E-state index contributed by atoms with van der Waals surface area (Å²) in [5, 5.41) is 19.3. The van der Waals surface area contributed by atoms with Gasteiger partial charge in [0.1, 0.15) is 11.5 Å². The third-order valence-corrected chi connectivity index (χ3v) is 4.71. The summed E-state index contributed by atoms with van der Waals surface area (Å²) in [5.41, 5.74) is 4.14. The molecule has 2 N–H and O–H groups in total. The van der Waals surface area contributed by atoms with E-state index in [-0.39, 0.29) is 0 Å². The van der Waals surface area contributed by atoms with E-state index in [9.17, 15) is 10.2 Å². The van der Waals surface area contributed by atoms with Gasteiger partial charge in [0.05, 0.1) is 0 Å². The van der Waals surface area contributed by atoms with Gasteiger partial charge in [0.25, 0.3) is 0 Å². The molecule has 0 bridgehead atoms. The smallest absolute Gasteiger partial charge is 0.115 e. The molecular weight excluding hydrogens is 296 g/mol. The first-order valence-corrected chi connectivity index (χ1v) is 9.24. The monoisotopic (exact) mass is 326 g/mol.